The Morgan fingerprint density at radius 2 is 2.29 bits per heavy atom. The second-order valence-corrected chi connectivity index (χ2v) is 3.67. The van der Waals surface area contributed by atoms with Crippen LogP contribution in [0.5, 0.6) is 0 Å². The molecule has 0 unspecified atom stereocenters. The average molecular weight is 235 g/mol. The quantitative estimate of drug-likeness (QED) is 0.666. The van der Waals surface area contributed by atoms with E-state index in [-0.39, 0.29) is 17.4 Å². The van der Waals surface area contributed by atoms with Gasteiger partial charge in [-0.05, 0) is 10.3 Å². The first-order valence-corrected chi connectivity index (χ1v) is 4.99. The van der Waals surface area contributed by atoms with Crippen LogP contribution in [0, 0.1) is 0 Å². The molecule has 0 aliphatic carbocycles. The number of aromatic nitrogens is 5. The van der Waals surface area contributed by atoms with E-state index in [0.29, 0.717) is 19.6 Å². The van der Waals surface area contributed by atoms with Crippen LogP contribution in [0.25, 0.3) is 0 Å². The number of carbonyl (C=O) groups is 1. The normalized spacial score (nSPS) is 14.7. The molecule has 0 fully saturated rings. The van der Waals surface area contributed by atoms with Crippen LogP contribution in [-0.4, -0.2) is 42.4 Å². The Labute approximate surface area is 95.2 Å². The molecule has 1 aliphatic rings. The van der Waals surface area contributed by atoms with Crippen molar-refractivity contribution in [3.8, 4) is 0 Å². The lowest BCUT2D eigenvalue weighted by Crippen LogP contribution is -2.38. The van der Waals surface area contributed by atoms with Crippen molar-refractivity contribution in [1.29, 1.82) is 0 Å². The van der Waals surface area contributed by atoms with Gasteiger partial charge in [-0.15, -0.1) is 10.2 Å². The molecular weight excluding hydrogens is 226 g/mol. The Balaban J connectivity index is 1.84. The summed E-state index contributed by atoms with van der Waals surface area (Å²) in [6.45, 7) is 1.58. The van der Waals surface area contributed by atoms with Gasteiger partial charge in [0, 0.05) is 13.1 Å². The molecule has 1 aliphatic heterocycles. The van der Waals surface area contributed by atoms with Crippen LogP contribution >= 0.6 is 0 Å². The van der Waals surface area contributed by atoms with Crippen molar-refractivity contribution < 1.29 is 9.42 Å². The third-order valence-corrected chi connectivity index (χ3v) is 2.64. The lowest BCUT2D eigenvalue weighted by Gasteiger charge is -2.26. The summed E-state index contributed by atoms with van der Waals surface area (Å²) in [5, 5.41) is 14.6. The van der Waals surface area contributed by atoms with Crippen molar-refractivity contribution in [2.75, 3.05) is 12.3 Å². The summed E-state index contributed by atoms with van der Waals surface area (Å²) in [6.07, 6.45) is 1.64. The van der Waals surface area contributed by atoms with Gasteiger partial charge < -0.3 is 15.2 Å². The molecule has 17 heavy (non-hydrogen) atoms. The molecule has 3 heterocycles. The summed E-state index contributed by atoms with van der Waals surface area (Å²) >= 11 is 0. The number of hydrogen-bond donors (Lipinski definition) is 1. The van der Waals surface area contributed by atoms with Gasteiger partial charge in [-0.25, -0.2) is 4.63 Å². The van der Waals surface area contributed by atoms with E-state index in [9.17, 15) is 4.79 Å². The number of rotatable bonds is 1. The second kappa shape index (κ2) is 3.54. The molecule has 0 saturated heterocycles. The lowest BCUT2D eigenvalue weighted by atomic mass is 10.3. The van der Waals surface area contributed by atoms with Gasteiger partial charge in [-0.1, -0.05) is 0 Å². The van der Waals surface area contributed by atoms with Crippen molar-refractivity contribution in [3.05, 3.63) is 17.8 Å². The summed E-state index contributed by atoms with van der Waals surface area (Å²) < 4.78 is 6.30. The monoisotopic (exact) mass is 235 g/mol. The molecule has 88 valence electrons. The van der Waals surface area contributed by atoms with Crippen LogP contribution < -0.4 is 5.73 Å². The summed E-state index contributed by atoms with van der Waals surface area (Å²) in [5.74, 6) is 0.430. The number of amides is 1. The molecule has 9 heteroatoms. The third kappa shape index (κ3) is 1.51. The molecule has 2 aromatic heterocycles. The van der Waals surface area contributed by atoms with Gasteiger partial charge in [0.1, 0.15) is 6.33 Å². The first-order chi connectivity index (χ1) is 8.25. The van der Waals surface area contributed by atoms with Crippen LogP contribution in [0.1, 0.15) is 16.3 Å². The number of carbonyl (C=O) groups excluding carboxylic acids is 1. The predicted octanol–water partition coefficient (Wildman–Crippen LogP) is -1.10. The molecule has 2 aromatic rings. The largest absolute Gasteiger partial charge is 0.379 e. The molecular formula is C8H9N7O2. The Bertz CT molecular complexity index is 560. The molecule has 0 aromatic carbocycles. The Kier molecular flexibility index (Phi) is 2.03. The molecule has 0 bridgehead atoms. The van der Waals surface area contributed by atoms with E-state index in [1.807, 2.05) is 4.57 Å². The topological polar surface area (TPSA) is 116 Å². The second-order valence-electron chi connectivity index (χ2n) is 3.67. The zero-order chi connectivity index (χ0) is 11.8. The molecule has 0 spiro atoms. The summed E-state index contributed by atoms with van der Waals surface area (Å²) in [4.78, 5) is 13.6. The Hall–Kier alpha value is -2.45. The van der Waals surface area contributed by atoms with Gasteiger partial charge in [-0.2, -0.15) is 0 Å². The highest BCUT2D eigenvalue weighted by molar-refractivity contribution is 5.96. The average Bonchev–Trinajstić information content (AvgIpc) is 2.95. The highest BCUT2D eigenvalue weighted by Crippen LogP contribution is 2.14. The summed E-state index contributed by atoms with van der Waals surface area (Å²) in [5.41, 5.74) is 5.51. The number of nitrogens with two attached hydrogens (primary N) is 1. The smallest absolute Gasteiger partial charge is 0.280 e. The van der Waals surface area contributed by atoms with E-state index in [1.54, 1.807) is 11.2 Å². The minimum Gasteiger partial charge on any atom is -0.379 e. The lowest BCUT2D eigenvalue weighted by molar-refractivity contribution is 0.0697. The number of nitrogen functional groups attached to an aromatic ring is 1. The van der Waals surface area contributed by atoms with Crippen LogP contribution in [0.2, 0.25) is 0 Å². The van der Waals surface area contributed by atoms with Gasteiger partial charge >= 0.3 is 0 Å². The Morgan fingerprint density at radius 1 is 1.41 bits per heavy atom. The number of fused-ring (bicyclic) bond motifs is 1. The van der Waals surface area contributed by atoms with Crippen molar-refractivity contribution in [2.45, 2.75) is 13.1 Å². The fourth-order valence-electron chi connectivity index (χ4n) is 1.73. The predicted molar refractivity (Wildman–Crippen MR) is 53.5 cm³/mol. The molecule has 0 radical (unpaired) electrons. The standard InChI is InChI=1S/C8H9N7O2/c9-7-6(12-17-13-7)8(16)14-1-2-15-4-10-11-5(15)3-14/h4H,1-3H2,(H2,9,13). The highest BCUT2D eigenvalue weighted by Gasteiger charge is 2.26. The maximum Gasteiger partial charge on any atom is 0.280 e. The van der Waals surface area contributed by atoms with E-state index in [0.717, 1.165) is 5.82 Å². The van der Waals surface area contributed by atoms with Gasteiger partial charge in [0.15, 0.2) is 5.82 Å². The fourth-order valence-corrected chi connectivity index (χ4v) is 1.73. The molecule has 1 amide bonds. The molecule has 2 N–H and O–H groups in total. The molecule has 0 atom stereocenters. The van der Waals surface area contributed by atoms with Crippen LogP contribution in [0.4, 0.5) is 5.82 Å². The van der Waals surface area contributed by atoms with E-state index in [4.69, 9.17) is 5.73 Å². The first kappa shape index (κ1) is 9.75. The van der Waals surface area contributed by atoms with Crippen molar-refractivity contribution in [3.63, 3.8) is 0 Å². The van der Waals surface area contributed by atoms with Crippen molar-refractivity contribution in [1.82, 2.24) is 30.0 Å². The molecule has 9 nitrogen and oxygen atoms in total. The SMILES string of the molecule is Nc1nonc1C(=O)N1CCn2cnnc2C1. The third-order valence-electron chi connectivity index (χ3n) is 2.64. The Morgan fingerprint density at radius 3 is 3.06 bits per heavy atom. The van der Waals surface area contributed by atoms with Crippen LogP contribution in [0.3, 0.4) is 0 Å². The van der Waals surface area contributed by atoms with E-state index >= 15 is 0 Å². The molecule has 3 rings (SSSR count). The van der Waals surface area contributed by atoms with Crippen LogP contribution in [-0.2, 0) is 13.1 Å². The van der Waals surface area contributed by atoms with E-state index in [1.165, 1.54) is 0 Å². The first-order valence-electron chi connectivity index (χ1n) is 4.99. The van der Waals surface area contributed by atoms with E-state index in [2.05, 4.69) is 25.1 Å². The maximum absolute atomic E-state index is 12.0. The summed E-state index contributed by atoms with van der Waals surface area (Å²) in [6, 6.07) is 0. The number of hydrogen-bond acceptors (Lipinski definition) is 7. The summed E-state index contributed by atoms with van der Waals surface area (Å²) in [7, 11) is 0. The minimum absolute atomic E-state index is 0.00189. The number of nitrogens with zero attached hydrogens (tertiary/aromatic N) is 6. The zero-order valence-electron chi connectivity index (χ0n) is 8.78. The molecule has 0 saturated carbocycles. The van der Waals surface area contributed by atoms with Crippen molar-refractivity contribution >= 4 is 11.7 Å². The van der Waals surface area contributed by atoms with Gasteiger partial charge in [-0.3, -0.25) is 4.79 Å². The van der Waals surface area contributed by atoms with E-state index < -0.39 is 0 Å². The number of anilines is 1. The highest BCUT2D eigenvalue weighted by atomic mass is 16.6. The van der Waals surface area contributed by atoms with Crippen molar-refractivity contribution in [2.24, 2.45) is 0 Å². The van der Waals surface area contributed by atoms with Gasteiger partial charge in [0.05, 0.1) is 6.54 Å². The minimum atomic E-state index is -0.307. The van der Waals surface area contributed by atoms with Gasteiger partial charge in [0.25, 0.3) is 5.91 Å². The maximum atomic E-state index is 12.0. The van der Waals surface area contributed by atoms with Gasteiger partial charge in [0.2, 0.25) is 11.5 Å². The van der Waals surface area contributed by atoms with Crippen LogP contribution in [0.15, 0.2) is 11.0 Å². The zero-order valence-corrected chi connectivity index (χ0v) is 8.78. The fraction of sp³-hybridized carbons (Fsp3) is 0.375.